The maximum atomic E-state index is 4.76. The fraction of sp³-hybridized carbons (Fsp3) is 0.286. The van der Waals surface area contributed by atoms with Crippen LogP contribution in [0, 0.1) is 6.92 Å². The number of hydrogen-bond donors (Lipinski definition) is 0. The molecule has 3 aliphatic rings. The molecule has 3 nitrogen and oxygen atoms in total. The molecule has 0 unspecified atom stereocenters. The van der Waals surface area contributed by atoms with Crippen LogP contribution >= 0.6 is 11.8 Å². The lowest BCUT2D eigenvalue weighted by molar-refractivity contribution is 0.541. The zero-order chi connectivity index (χ0) is 16.8. The normalized spacial score (nSPS) is 18.8. The Labute approximate surface area is 153 Å². The highest BCUT2D eigenvalue weighted by Crippen LogP contribution is 2.51. The van der Waals surface area contributed by atoms with Crippen molar-refractivity contribution in [3.05, 3.63) is 59.9 Å². The lowest BCUT2D eigenvalue weighted by Gasteiger charge is -2.38. The van der Waals surface area contributed by atoms with Gasteiger partial charge in [0, 0.05) is 29.3 Å². The number of rotatable bonds is 1. The second kappa shape index (κ2) is 5.95. The third-order valence-electron chi connectivity index (χ3n) is 5.10. The van der Waals surface area contributed by atoms with Crippen molar-refractivity contribution in [3.8, 4) is 0 Å². The molecule has 0 radical (unpaired) electrons. The van der Waals surface area contributed by atoms with E-state index in [4.69, 9.17) is 4.99 Å². The van der Waals surface area contributed by atoms with Crippen LogP contribution in [0.1, 0.15) is 24.8 Å². The largest absolute Gasteiger partial charge is 0.316 e. The van der Waals surface area contributed by atoms with Crippen molar-refractivity contribution in [1.29, 1.82) is 0 Å². The fourth-order valence-electron chi connectivity index (χ4n) is 3.93. The lowest BCUT2D eigenvalue weighted by Crippen LogP contribution is -2.35. The van der Waals surface area contributed by atoms with Gasteiger partial charge in [-0.15, -0.1) is 0 Å². The molecule has 5 rings (SSSR count). The predicted octanol–water partition coefficient (Wildman–Crippen LogP) is 5.34. The maximum absolute atomic E-state index is 4.76. The van der Waals surface area contributed by atoms with E-state index in [2.05, 4.69) is 65.3 Å². The average molecular weight is 347 g/mol. The first-order chi connectivity index (χ1) is 12.3. The molecule has 2 aromatic carbocycles. The van der Waals surface area contributed by atoms with Crippen molar-refractivity contribution in [1.82, 2.24) is 4.90 Å². The van der Waals surface area contributed by atoms with Crippen LogP contribution in [0.5, 0.6) is 0 Å². The molecule has 0 spiro atoms. The van der Waals surface area contributed by atoms with Crippen molar-refractivity contribution in [3.63, 3.8) is 0 Å². The molecule has 0 bridgehead atoms. The Bertz CT molecular complexity index is 900. The summed E-state index contributed by atoms with van der Waals surface area (Å²) in [6.45, 7) is 4.22. The van der Waals surface area contributed by atoms with Crippen molar-refractivity contribution in [2.45, 2.75) is 36.0 Å². The van der Waals surface area contributed by atoms with Gasteiger partial charge in [0.2, 0.25) is 0 Å². The highest BCUT2D eigenvalue weighted by molar-refractivity contribution is 7.99. The van der Waals surface area contributed by atoms with Crippen molar-refractivity contribution in [2.24, 2.45) is 4.99 Å². The standard InChI is InChI=1S/C21H21N3S/c1-15-7-4-9-17-21(15)25-18-10-3-2-8-16(18)24(17)20-12-6-14-23(20)19-11-5-13-22-19/h2-4,7-10,12H,5-6,11,13-14H2,1H3. The van der Waals surface area contributed by atoms with E-state index in [9.17, 15) is 0 Å². The number of fused-ring (bicyclic) bond motifs is 2. The number of anilines is 2. The van der Waals surface area contributed by atoms with E-state index >= 15 is 0 Å². The van der Waals surface area contributed by atoms with Gasteiger partial charge < -0.3 is 4.90 Å². The predicted molar refractivity (Wildman–Crippen MR) is 105 cm³/mol. The summed E-state index contributed by atoms with van der Waals surface area (Å²) < 4.78 is 0. The van der Waals surface area contributed by atoms with Gasteiger partial charge in [0.05, 0.1) is 11.4 Å². The monoisotopic (exact) mass is 347 g/mol. The molecule has 0 atom stereocenters. The van der Waals surface area contributed by atoms with E-state index in [0.29, 0.717) is 0 Å². The van der Waals surface area contributed by atoms with Crippen LogP contribution < -0.4 is 4.90 Å². The van der Waals surface area contributed by atoms with Crippen molar-refractivity contribution >= 4 is 29.0 Å². The first-order valence-corrected chi connectivity index (χ1v) is 9.82. The molecule has 2 aromatic rings. The topological polar surface area (TPSA) is 18.8 Å². The zero-order valence-corrected chi connectivity index (χ0v) is 15.2. The third kappa shape index (κ3) is 2.39. The Morgan fingerprint density at radius 1 is 1.04 bits per heavy atom. The second-order valence-corrected chi connectivity index (χ2v) is 7.78. The summed E-state index contributed by atoms with van der Waals surface area (Å²) in [5, 5.41) is 0. The number of nitrogens with zero attached hydrogens (tertiary/aromatic N) is 3. The molecule has 126 valence electrons. The molecule has 0 fully saturated rings. The third-order valence-corrected chi connectivity index (χ3v) is 6.40. The minimum atomic E-state index is 0.973. The van der Waals surface area contributed by atoms with Crippen molar-refractivity contribution < 1.29 is 0 Å². The van der Waals surface area contributed by atoms with Crippen LogP contribution in [-0.4, -0.2) is 23.8 Å². The van der Waals surface area contributed by atoms with E-state index in [0.717, 1.165) is 25.9 Å². The summed E-state index contributed by atoms with van der Waals surface area (Å²) in [5.74, 6) is 2.54. The Hall–Kier alpha value is -2.20. The van der Waals surface area contributed by atoms with E-state index in [1.54, 1.807) is 0 Å². The van der Waals surface area contributed by atoms with Gasteiger partial charge >= 0.3 is 0 Å². The molecular weight excluding hydrogens is 326 g/mol. The first-order valence-electron chi connectivity index (χ1n) is 9.00. The molecule has 0 saturated heterocycles. The Morgan fingerprint density at radius 3 is 2.80 bits per heavy atom. The molecule has 3 heterocycles. The second-order valence-electron chi connectivity index (χ2n) is 6.73. The quantitative estimate of drug-likeness (QED) is 0.694. The van der Waals surface area contributed by atoms with E-state index in [1.807, 2.05) is 11.8 Å². The van der Waals surface area contributed by atoms with Gasteiger partial charge in [-0.2, -0.15) is 0 Å². The number of benzene rings is 2. The first kappa shape index (κ1) is 15.1. The summed E-state index contributed by atoms with van der Waals surface area (Å²) in [7, 11) is 0. The Morgan fingerprint density at radius 2 is 1.92 bits per heavy atom. The number of hydrogen-bond acceptors (Lipinski definition) is 4. The smallest absolute Gasteiger partial charge is 0.115 e. The van der Waals surface area contributed by atoms with Crippen LogP contribution in [0.25, 0.3) is 0 Å². The van der Waals surface area contributed by atoms with E-state index in [-0.39, 0.29) is 0 Å². The molecule has 0 N–H and O–H groups in total. The van der Waals surface area contributed by atoms with E-state index < -0.39 is 0 Å². The van der Waals surface area contributed by atoms with Gasteiger partial charge in [0.1, 0.15) is 11.7 Å². The average Bonchev–Trinajstić information content (AvgIpc) is 3.31. The summed E-state index contributed by atoms with van der Waals surface area (Å²) in [5.41, 5.74) is 3.91. The summed E-state index contributed by atoms with van der Waals surface area (Å²) >= 11 is 1.89. The maximum Gasteiger partial charge on any atom is 0.115 e. The van der Waals surface area contributed by atoms with Crippen LogP contribution in [0.3, 0.4) is 0 Å². The van der Waals surface area contributed by atoms with Gasteiger partial charge in [-0.3, -0.25) is 9.89 Å². The van der Waals surface area contributed by atoms with Crippen LogP contribution in [-0.2, 0) is 0 Å². The number of amidine groups is 1. The van der Waals surface area contributed by atoms with Crippen LogP contribution in [0.15, 0.2) is 69.1 Å². The van der Waals surface area contributed by atoms with Crippen LogP contribution in [0.4, 0.5) is 11.4 Å². The van der Waals surface area contributed by atoms with E-state index in [1.165, 1.54) is 44.8 Å². The molecule has 0 amide bonds. The number of para-hydroxylation sites is 1. The highest BCUT2D eigenvalue weighted by atomic mass is 32.2. The zero-order valence-electron chi connectivity index (χ0n) is 14.4. The molecule has 3 aliphatic heterocycles. The molecule has 0 saturated carbocycles. The van der Waals surface area contributed by atoms with Crippen LogP contribution in [0.2, 0.25) is 0 Å². The lowest BCUT2D eigenvalue weighted by atomic mass is 10.1. The fourth-order valence-corrected chi connectivity index (χ4v) is 5.05. The molecule has 25 heavy (non-hydrogen) atoms. The Kier molecular flexibility index (Phi) is 3.59. The molecular formula is C21H21N3S. The SMILES string of the molecule is Cc1cccc2c1Sc1ccccc1N2C1=CCCN1C1=NCCC1. The summed E-state index contributed by atoms with van der Waals surface area (Å²) in [6.07, 6.45) is 5.74. The molecule has 0 aliphatic carbocycles. The van der Waals surface area contributed by atoms with Gasteiger partial charge in [-0.25, -0.2) is 0 Å². The van der Waals surface area contributed by atoms with Gasteiger partial charge in [0.15, 0.2) is 0 Å². The minimum absolute atomic E-state index is 0.973. The summed E-state index contributed by atoms with van der Waals surface area (Å²) in [6, 6.07) is 15.4. The van der Waals surface area contributed by atoms with Gasteiger partial charge in [0.25, 0.3) is 0 Å². The molecule has 0 aromatic heterocycles. The highest BCUT2D eigenvalue weighted by Gasteiger charge is 2.32. The summed E-state index contributed by atoms with van der Waals surface area (Å²) in [4.78, 5) is 12.3. The molecule has 4 heteroatoms. The number of aliphatic imine (C=N–C) groups is 1. The number of aryl methyl sites for hydroxylation is 1. The van der Waals surface area contributed by atoms with Gasteiger partial charge in [-0.05, 0) is 49.6 Å². The van der Waals surface area contributed by atoms with Gasteiger partial charge in [-0.1, -0.05) is 36.0 Å². The Balaban J connectivity index is 1.67. The minimum Gasteiger partial charge on any atom is -0.316 e. The van der Waals surface area contributed by atoms with Crippen molar-refractivity contribution in [2.75, 3.05) is 18.0 Å².